The molecule has 8 heteroatoms. The summed E-state index contributed by atoms with van der Waals surface area (Å²) in [6.07, 6.45) is 1.21. The molecule has 0 aliphatic carbocycles. The quantitative estimate of drug-likeness (QED) is 0.789. The summed E-state index contributed by atoms with van der Waals surface area (Å²) in [7, 11) is 0. The molecular weight excluding hydrogens is 345 g/mol. The first-order valence-electron chi connectivity index (χ1n) is 5.68. The first kappa shape index (κ1) is 14.9. The summed E-state index contributed by atoms with van der Waals surface area (Å²) in [5, 5.41) is 13.6. The van der Waals surface area contributed by atoms with E-state index in [4.69, 9.17) is 5.11 Å². The smallest absolute Gasteiger partial charge is 0.354 e. The number of hydrogen-bond donors (Lipinski definition) is 3. The van der Waals surface area contributed by atoms with Crippen LogP contribution in [0.2, 0.25) is 0 Å². The van der Waals surface area contributed by atoms with Gasteiger partial charge < -0.3 is 15.7 Å². The normalized spacial score (nSPS) is 10.0. The summed E-state index contributed by atoms with van der Waals surface area (Å²) < 4.78 is 13.6. The van der Waals surface area contributed by atoms with Crippen LogP contribution in [0, 0.1) is 5.82 Å². The lowest BCUT2D eigenvalue weighted by Crippen LogP contribution is -2.19. The number of carboxylic acid groups (broad SMARTS) is 1. The van der Waals surface area contributed by atoms with E-state index in [-0.39, 0.29) is 11.4 Å². The van der Waals surface area contributed by atoms with Crippen LogP contribution in [0.1, 0.15) is 10.5 Å². The van der Waals surface area contributed by atoms with E-state index < -0.39 is 17.8 Å². The van der Waals surface area contributed by atoms with Gasteiger partial charge >= 0.3 is 12.0 Å². The standard InChI is InChI=1S/C13H9BrFN3O3/c14-9-3-1-7(5-10(9)15)17-13(21)18-8-2-4-11(12(19)20)16-6-8/h1-6H,(H,19,20)(H2,17,18,21). The Morgan fingerprint density at radius 1 is 1.14 bits per heavy atom. The maximum atomic E-state index is 13.3. The molecule has 0 spiro atoms. The van der Waals surface area contributed by atoms with E-state index >= 15 is 0 Å². The summed E-state index contributed by atoms with van der Waals surface area (Å²) in [5.41, 5.74) is 0.467. The molecule has 0 aliphatic heterocycles. The molecule has 3 N–H and O–H groups in total. The number of carbonyl (C=O) groups excluding carboxylic acids is 1. The Bertz CT molecular complexity index is 692. The molecule has 0 atom stereocenters. The van der Waals surface area contributed by atoms with Gasteiger partial charge in [0, 0.05) is 5.69 Å². The molecule has 0 fully saturated rings. The van der Waals surface area contributed by atoms with Gasteiger partial charge in [0.1, 0.15) is 11.5 Å². The molecule has 0 saturated carbocycles. The predicted octanol–water partition coefficient (Wildman–Crippen LogP) is 3.33. The Balaban J connectivity index is 2.01. The van der Waals surface area contributed by atoms with Gasteiger partial charge in [-0.1, -0.05) is 0 Å². The van der Waals surface area contributed by atoms with Crippen molar-refractivity contribution in [1.82, 2.24) is 4.98 Å². The molecule has 1 aromatic heterocycles. The lowest BCUT2D eigenvalue weighted by atomic mass is 10.3. The molecule has 21 heavy (non-hydrogen) atoms. The van der Waals surface area contributed by atoms with Gasteiger partial charge in [0.05, 0.1) is 16.4 Å². The van der Waals surface area contributed by atoms with Crippen molar-refractivity contribution in [2.75, 3.05) is 10.6 Å². The summed E-state index contributed by atoms with van der Waals surface area (Å²) in [6, 6.07) is 6.22. The highest BCUT2D eigenvalue weighted by Crippen LogP contribution is 2.19. The van der Waals surface area contributed by atoms with Gasteiger partial charge in [0.15, 0.2) is 0 Å². The van der Waals surface area contributed by atoms with Crippen LogP contribution in [0.15, 0.2) is 41.0 Å². The molecule has 1 heterocycles. The molecule has 2 rings (SSSR count). The Morgan fingerprint density at radius 3 is 2.38 bits per heavy atom. The second-order valence-electron chi connectivity index (χ2n) is 3.95. The number of carbonyl (C=O) groups is 2. The van der Waals surface area contributed by atoms with Crippen LogP contribution in [0.3, 0.4) is 0 Å². The fraction of sp³-hybridized carbons (Fsp3) is 0. The minimum atomic E-state index is -1.16. The van der Waals surface area contributed by atoms with Crippen LogP contribution in [-0.2, 0) is 0 Å². The number of nitrogens with zero attached hydrogens (tertiary/aromatic N) is 1. The number of pyridine rings is 1. The number of urea groups is 1. The molecule has 1 aromatic carbocycles. The van der Waals surface area contributed by atoms with Gasteiger partial charge in [0.2, 0.25) is 0 Å². The average Bonchev–Trinajstić information content (AvgIpc) is 2.43. The highest BCUT2D eigenvalue weighted by molar-refractivity contribution is 9.10. The topological polar surface area (TPSA) is 91.3 Å². The Kier molecular flexibility index (Phi) is 4.49. The van der Waals surface area contributed by atoms with Crippen LogP contribution in [0.4, 0.5) is 20.6 Å². The zero-order valence-corrected chi connectivity index (χ0v) is 12.0. The van der Waals surface area contributed by atoms with Crippen molar-refractivity contribution in [3.63, 3.8) is 0 Å². The molecular formula is C13H9BrFN3O3. The molecule has 0 saturated heterocycles. The van der Waals surface area contributed by atoms with Crippen molar-refractivity contribution in [2.45, 2.75) is 0 Å². The van der Waals surface area contributed by atoms with Gasteiger partial charge in [-0.05, 0) is 46.3 Å². The summed E-state index contributed by atoms with van der Waals surface area (Å²) >= 11 is 3.01. The summed E-state index contributed by atoms with van der Waals surface area (Å²) in [6.45, 7) is 0. The van der Waals surface area contributed by atoms with Crippen molar-refractivity contribution in [3.8, 4) is 0 Å². The largest absolute Gasteiger partial charge is 0.477 e. The van der Waals surface area contributed by atoms with Crippen molar-refractivity contribution < 1.29 is 19.1 Å². The maximum absolute atomic E-state index is 13.3. The predicted molar refractivity (Wildman–Crippen MR) is 77.9 cm³/mol. The van der Waals surface area contributed by atoms with E-state index in [1.54, 1.807) is 0 Å². The van der Waals surface area contributed by atoms with Gasteiger partial charge in [0.25, 0.3) is 0 Å². The molecule has 0 bridgehead atoms. The minimum Gasteiger partial charge on any atom is -0.477 e. The lowest BCUT2D eigenvalue weighted by molar-refractivity contribution is 0.0690. The first-order valence-corrected chi connectivity index (χ1v) is 6.47. The zero-order valence-electron chi connectivity index (χ0n) is 10.4. The number of benzene rings is 1. The Hall–Kier alpha value is -2.48. The van der Waals surface area contributed by atoms with E-state index in [1.165, 1.54) is 30.5 Å². The van der Waals surface area contributed by atoms with Gasteiger partial charge in [-0.25, -0.2) is 19.0 Å². The maximum Gasteiger partial charge on any atom is 0.354 e. The van der Waals surface area contributed by atoms with Crippen LogP contribution >= 0.6 is 15.9 Å². The number of anilines is 2. The molecule has 2 amide bonds. The number of hydrogen-bond acceptors (Lipinski definition) is 3. The number of aromatic carboxylic acids is 1. The first-order chi connectivity index (χ1) is 9.95. The van der Waals surface area contributed by atoms with E-state index in [9.17, 15) is 14.0 Å². The second kappa shape index (κ2) is 6.31. The number of carboxylic acids is 1. The summed E-state index contributed by atoms with van der Waals surface area (Å²) in [4.78, 5) is 26.0. The van der Waals surface area contributed by atoms with E-state index in [1.807, 2.05) is 0 Å². The highest BCUT2D eigenvalue weighted by Gasteiger charge is 2.07. The number of rotatable bonds is 3. The van der Waals surface area contributed by atoms with Gasteiger partial charge in [-0.15, -0.1) is 0 Å². The SMILES string of the molecule is O=C(Nc1ccc(C(=O)O)nc1)Nc1ccc(Br)c(F)c1. The van der Waals surface area contributed by atoms with Gasteiger partial charge in [-0.3, -0.25) is 0 Å². The highest BCUT2D eigenvalue weighted by atomic mass is 79.9. The fourth-order valence-electron chi connectivity index (χ4n) is 1.46. The molecule has 2 aromatic rings. The minimum absolute atomic E-state index is 0.129. The molecule has 0 unspecified atom stereocenters. The Morgan fingerprint density at radius 2 is 1.81 bits per heavy atom. The third-order valence-corrected chi connectivity index (χ3v) is 3.06. The average molecular weight is 354 g/mol. The number of aromatic nitrogens is 1. The molecule has 0 aliphatic rings. The second-order valence-corrected chi connectivity index (χ2v) is 4.80. The van der Waals surface area contributed by atoms with Crippen LogP contribution in [0.5, 0.6) is 0 Å². The number of halogens is 2. The van der Waals surface area contributed by atoms with E-state index in [0.29, 0.717) is 10.2 Å². The van der Waals surface area contributed by atoms with E-state index in [0.717, 1.165) is 6.07 Å². The van der Waals surface area contributed by atoms with Crippen LogP contribution < -0.4 is 10.6 Å². The van der Waals surface area contributed by atoms with Crippen molar-refractivity contribution in [2.24, 2.45) is 0 Å². The lowest BCUT2D eigenvalue weighted by Gasteiger charge is -2.08. The number of amides is 2. The zero-order chi connectivity index (χ0) is 15.4. The van der Waals surface area contributed by atoms with Crippen molar-refractivity contribution >= 4 is 39.3 Å². The van der Waals surface area contributed by atoms with Gasteiger partial charge in [-0.2, -0.15) is 0 Å². The Labute approximate surface area is 127 Å². The molecule has 0 radical (unpaired) electrons. The third kappa shape index (κ3) is 3.99. The van der Waals surface area contributed by atoms with E-state index in [2.05, 4.69) is 31.5 Å². The molecule has 108 valence electrons. The van der Waals surface area contributed by atoms with Crippen molar-refractivity contribution in [1.29, 1.82) is 0 Å². The van der Waals surface area contributed by atoms with Crippen molar-refractivity contribution in [3.05, 3.63) is 52.5 Å². The molecule has 6 nitrogen and oxygen atoms in total. The van der Waals surface area contributed by atoms with Crippen LogP contribution in [-0.4, -0.2) is 22.1 Å². The number of nitrogens with one attached hydrogen (secondary N) is 2. The van der Waals surface area contributed by atoms with Crippen LogP contribution in [0.25, 0.3) is 0 Å². The summed E-state index contributed by atoms with van der Waals surface area (Å²) in [5.74, 6) is -1.66. The fourth-order valence-corrected chi connectivity index (χ4v) is 1.71. The monoisotopic (exact) mass is 353 g/mol. The third-order valence-electron chi connectivity index (χ3n) is 2.42.